The Balaban J connectivity index is 1.71. The number of methoxy groups -OCH3 is 2. The Hall–Kier alpha value is -3.28. The van der Waals surface area contributed by atoms with Crippen molar-refractivity contribution >= 4 is 11.6 Å². The van der Waals surface area contributed by atoms with Gasteiger partial charge in [0.05, 0.1) is 32.6 Å². The second-order valence-corrected chi connectivity index (χ2v) is 5.47. The normalized spacial score (nSPS) is 10.3. The van der Waals surface area contributed by atoms with Crippen LogP contribution in [0.2, 0.25) is 0 Å². The average Bonchev–Trinajstić information content (AvgIpc) is 3.08. The van der Waals surface area contributed by atoms with Crippen LogP contribution in [-0.2, 0) is 6.54 Å². The molecule has 0 fully saturated rings. The highest BCUT2D eigenvalue weighted by atomic mass is 16.5. The quantitative estimate of drug-likeness (QED) is 0.750. The number of hydrogen-bond acceptors (Lipinski definition) is 4. The minimum atomic E-state index is -0.253. The number of carbonyl (C=O) groups is 1. The Morgan fingerprint density at radius 3 is 2.40 bits per heavy atom. The molecule has 0 saturated carbocycles. The summed E-state index contributed by atoms with van der Waals surface area (Å²) in [6.07, 6.45) is 3.42. The molecule has 2 aromatic carbocycles. The highest BCUT2D eigenvalue weighted by molar-refractivity contribution is 6.04. The maximum absolute atomic E-state index is 12.5. The van der Waals surface area contributed by atoms with E-state index in [-0.39, 0.29) is 5.91 Å². The molecule has 0 aliphatic rings. The summed E-state index contributed by atoms with van der Waals surface area (Å²) >= 11 is 0. The number of anilines is 1. The van der Waals surface area contributed by atoms with Gasteiger partial charge < -0.3 is 14.8 Å². The van der Waals surface area contributed by atoms with Gasteiger partial charge in [0.25, 0.3) is 5.91 Å². The van der Waals surface area contributed by atoms with E-state index in [0.29, 0.717) is 29.3 Å². The molecule has 0 atom stereocenters. The Bertz CT molecular complexity index is 837. The van der Waals surface area contributed by atoms with Gasteiger partial charge >= 0.3 is 0 Å². The van der Waals surface area contributed by atoms with E-state index in [0.717, 1.165) is 5.56 Å². The average molecular weight is 337 g/mol. The molecule has 0 saturated heterocycles. The molecule has 0 aliphatic carbocycles. The molecule has 3 aromatic rings. The van der Waals surface area contributed by atoms with E-state index in [1.54, 1.807) is 49.5 Å². The Labute approximate surface area is 146 Å². The number of amides is 1. The molecule has 0 unspecified atom stereocenters. The number of hydrogen-bond donors (Lipinski definition) is 1. The predicted molar refractivity (Wildman–Crippen MR) is 95.3 cm³/mol. The fourth-order valence-electron chi connectivity index (χ4n) is 2.43. The molecule has 6 nitrogen and oxygen atoms in total. The molecule has 1 heterocycles. The summed E-state index contributed by atoms with van der Waals surface area (Å²) in [5.74, 6) is 0.866. The van der Waals surface area contributed by atoms with Crippen LogP contribution < -0.4 is 14.8 Å². The predicted octanol–water partition coefficient (Wildman–Crippen LogP) is 3.20. The first-order chi connectivity index (χ1) is 12.2. The van der Waals surface area contributed by atoms with Crippen molar-refractivity contribution in [3.05, 3.63) is 72.1 Å². The maximum atomic E-state index is 12.5. The lowest BCUT2D eigenvalue weighted by Gasteiger charge is -2.08. The minimum absolute atomic E-state index is 0.253. The monoisotopic (exact) mass is 337 g/mol. The SMILES string of the molecule is COc1cc(OC)cc(C(=O)Nc2cnn(Cc3ccccc3)c2)c1. The summed E-state index contributed by atoms with van der Waals surface area (Å²) < 4.78 is 12.2. The molecule has 0 bridgehead atoms. The van der Waals surface area contributed by atoms with Crippen LogP contribution in [0.25, 0.3) is 0 Å². The Morgan fingerprint density at radius 1 is 1.08 bits per heavy atom. The third-order valence-corrected chi connectivity index (χ3v) is 3.69. The molecule has 6 heteroatoms. The summed E-state index contributed by atoms with van der Waals surface area (Å²) in [5.41, 5.74) is 2.22. The van der Waals surface area contributed by atoms with Crippen molar-refractivity contribution in [1.29, 1.82) is 0 Å². The van der Waals surface area contributed by atoms with Crippen molar-refractivity contribution in [2.24, 2.45) is 0 Å². The van der Waals surface area contributed by atoms with Crippen LogP contribution in [0.4, 0.5) is 5.69 Å². The Kier molecular flexibility index (Phi) is 4.99. The molecule has 3 rings (SSSR count). The van der Waals surface area contributed by atoms with E-state index in [1.165, 1.54) is 0 Å². The fourth-order valence-corrected chi connectivity index (χ4v) is 2.43. The van der Waals surface area contributed by atoms with Crippen molar-refractivity contribution in [2.45, 2.75) is 6.54 Å². The third kappa shape index (κ3) is 4.17. The molecule has 128 valence electrons. The summed E-state index contributed by atoms with van der Waals surface area (Å²) in [5, 5.41) is 7.11. The van der Waals surface area contributed by atoms with Gasteiger partial charge in [-0.25, -0.2) is 0 Å². The van der Waals surface area contributed by atoms with Gasteiger partial charge in [0, 0.05) is 17.8 Å². The zero-order chi connectivity index (χ0) is 17.6. The second-order valence-electron chi connectivity index (χ2n) is 5.47. The molecular formula is C19H19N3O3. The summed E-state index contributed by atoms with van der Waals surface area (Å²) in [4.78, 5) is 12.5. The molecule has 1 aromatic heterocycles. The fraction of sp³-hybridized carbons (Fsp3) is 0.158. The van der Waals surface area contributed by atoms with E-state index in [1.807, 2.05) is 30.3 Å². The van der Waals surface area contributed by atoms with E-state index in [9.17, 15) is 4.79 Å². The maximum Gasteiger partial charge on any atom is 0.256 e. The van der Waals surface area contributed by atoms with Crippen LogP contribution in [-0.4, -0.2) is 29.9 Å². The Morgan fingerprint density at radius 2 is 1.76 bits per heavy atom. The van der Waals surface area contributed by atoms with Gasteiger partial charge in [-0.2, -0.15) is 5.10 Å². The lowest BCUT2D eigenvalue weighted by molar-refractivity contribution is 0.102. The first-order valence-electron chi connectivity index (χ1n) is 7.79. The van der Waals surface area contributed by atoms with Gasteiger partial charge in [0.15, 0.2) is 0 Å². The lowest BCUT2D eigenvalue weighted by atomic mass is 10.2. The van der Waals surface area contributed by atoms with Crippen molar-refractivity contribution in [3.8, 4) is 11.5 Å². The molecule has 1 N–H and O–H groups in total. The molecule has 0 radical (unpaired) electrons. The summed E-state index contributed by atoms with van der Waals surface area (Å²) in [7, 11) is 3.09. The zero-order valence-corrected chi connectivity index (χ0v) is 14.1. The molecular weight excluding hydrogens is 318 g/mol. The molecule has 1 amide bonds. The van der Waals surface area contributed by atoms with Crippen LogP contribution in [0, 0.1) is 0 Å². The molecule has 25 heavy (non-hydrogen) atoms. The lowest BCUT2D eigenvalue weighted by Crippen LogP contribution is -2.11. The van der Waals surface area contributed by atoms with Gasteiger partial charge in [-0.3, -0.25) is 9.48 Å². The van der Waals surface area contributed by atoms with Crippen molar-refractivity contribution in [2.75, 3.05) is 19.5 Å². The van der Waals surface area contributed by atoms with Crippen LogP contribution in [0.15, 0.2) is 60.9 Å². The summed E-state index contributed by atoms with van der Waals surface area (Å²) in [6, 6.07) is 15.0. The first kappa shape index (κ1) is 16.6. The van der Waals surface area contributed by atoms with Crippen LogP contribution in [0.1, 0.15) is 15.9 Å². The van der Waals surface area contributed by atoms with Crippen LogP contribution in [0.3, 0.4) is 0 Å². The largest absolute Gasteiger partial charge is 0.497 e. The van der Waals surface area contributed by atoms with Gasteiger partial charge in [-0.05, 0) is 17.7 Å². The third-order valence-electron chi connectivity index (χ3n) is 3.69. The minimum Gasteiger partial charge on any atom is -0.497 e. The first-order valence-corrected chi connectivity index (χ1v) is 7.79. The standard InChI is InChI=1S/C19H19N3O3/c1-24-17-8-15(9-18(10-17)25-2)19(23)21-16-11-20-22(13-16)12-14-6-4-3-5-7-14/h3-11,13H,12H2,1-2H3,(H,21,23). The number of benzene rings is 2. The van der Waals surface area contributed by atoms with Crippen LogP contribution in [0.5, 0.6) is 11.5 Å². The van der Waals surface area contributed by atoms with Crippen molar-refractivity contribution < 1.29 is 14.3 Å². The number of rotatable bonds is 6. The van der Waals surface area contributed by atoms with Crippen molar-refractivity contribution in [1.82, 2.24) is 9.78 Å². The number of nitrogens with one attached hydrogen (secondary N) is 1. The number of nitrogens with zero attached hydrogens (tertiary/aromatic N) is 2. The van der Waals surface area contributed by atoms with Gasteiger partial charge in [0.2, 0.25) is 0 Å². The van der Waals surface area contributed by atoms with E-state index in [4.69, 9.17) is 9.47 Å². The summed E-state index contributed by atoms with van der Waals surface area (Å²) in [6.45, 7) is 0.643. The van der Waals surface area contributed by atoms with E-state index >= 15 is 0 Å². The highest BCUT2D eigenvalue weighted by Gasteiger charge is 2.11. The number of aromatic nitrogens is 2. The van der Waals surface area contributed by atoms with E-state index < -0.39 is 0 Å². The van der Waals surface area contributed by atoms with E-state index in [2.05, 4.69) is 10.4 Å². The topological polar surface area (TPSA) is 65.4 Å². The zero-order valence-electron chi connectivity index (χ0n) is 14.1. The van der Waals surface area contributed by atoms with Gasteiger partial charge in [-0.1, -0.05) is 30.3 Å². The molecule has 0 aliphatic heterocycles. The molecule has 0 spiro atoms. The second kappa shape index (κ2) is 7.53. The van der Waals surface area contributed by atoms with Crippen LogP contribution >= 0.6 is 0 Å². The smallest absolute Gasteiger partial charge is 0.256 e. The van der Waals surface area contributed by atoms with Crippen molar-refractivity contribution in [3.63, 3.8) is 0 Å². The van der Waals surface area contributed by atoms with Gasteiger partial charge in [0.1, 0.15) is 11.5 Å². The number of ether oxygens (including phenoxy) is 2. The number of carbonyl (C=O) groups excluding carboxylic acids is 1. The van der Waals surface area contributed by atoms with Gasteiger partial charge in [-0.15, -0.1) is 0 Å². The highest BCUT2D eigenvalue weighted by Crippen LogP contribution is 2.23.